The van der Waals surface area contributed by atoms with Crippen molar-refractivity contribution in [3.63, 3.8) is 0 Å². The Morgan fingerprint density at radius 1 is 1.55 bits per heavy atom. The number of urea groups is 1. The molecule has 0 aromatic rings. The summed E-state index contributed by atoms with van der Waals surface area (Å²) >= 11 is 1.45. The quantitative estimate of drug-likeness (QED) is 0.247. The van der Waals surface area contributed by atoms with E-state index in [1.165, 1.54) is 18.7 Å². The van der Waals surface area contributed by atoms with Crippen LogP contribution < -0.4 is 27.2 Å². The Morgan fingerprint density at radius 3 is 2.80 bits per heavy atom. The van der Waals surface area contributed by atoms with Gasteiger partial charge >= 0.3 is 6.03 Å². The maximum atomic E-state index is 11.5. The SMILES string of the molecule is CC(O)C(C=O)NC(=O)NCC1NNC(C(N)CO)S1. The lowest BCUT2D eigenvalue weighted by atomic mass is 10.2. The standard InChI is InChI=1S/C10H21N5O4S/c1-5(18)7(4-17)13-10(19)12-2-8-14-15-9(20-8)6(11)3-16/h4-9,14-16,18H,2-3,11H2,1H3,(H2,12,13,19). The average Bonchev–Trinajstić information content (AvgIpc) is 2.90. The number of amides is 2. The summed E-state index contributed by atoms with van der Waals surface area (Å²) in [4.78, 5) is 22.2. The molecule has 1 aliphatic rings. The first-order valence-electron chi connectivity index (χ1n) is 6.18. The van der Waals surface area contributed by atoms with Gasteiger partial charge in [-0.05, 0) is 6.92 Å². The zero-order valence-corrected chi connectivity index (χ0v) is 11.9. The Balaban J connectivity index is 2.27. The molecule has 10 heteroatoms. The van der Waals surface area contributed by atoms with Crippen molar-refractivity contribution in [2.45, 2.75) is 35.9 Å². The first-order chi connectivity index (χ1) is 9.47. The number of hydrogen-bond acceptors (Lipinski definition) is 8. The summed E-state index contributed by atoms with van der Waals surface area (Å²) in [6.07, 6.45) is -0.476. The van der Waals surface area contributed by atoms with Crippen molar-refractivity contribution in [1.82, 2.24) is 21.5 Å². The first kappa shape index (κ1) is 17.1. The van der Waals surface area contributed by atoms with Crippen molar-refractivity contribution >= 4 is 24.1 Å². The van der Waals surface area contributed by atoms with E-state index in [0.717, 1.165) is 0 Å². The van der Waals surface area contributed by atoms with Gasteiger partial charge < -0.3 is 31.4 Å². The first-order valence-corrected chi connectivity index (χ1v) is 7.13. The van der Waals surface area contributed by atoms with E-state index in [9.17, 15) is 14.7 Å². The third-order valence-corrected chi connectivity index (χ3v) is 4.08. The molecule has 1 aliphatic heterocycles. The third-order valence-electron chi connectivity index (χ3n) is 2.71. The number of nitrogens with two attached hydrogens (primary N) is 1. The molecule has 5 unspecified atom stereocenters. The van der Waals surface area contributed by atoms with Gasteiger partial charge in [0.1, 0.15) is 12.3 Å². The van der Waals surface area contributed by atoms with E-state index in [2.05, 4.69) is 21.5 Å². The van der Waals surface area contributed by atoms with Gasteiger partial charge in [0.05, 0.1) is 29.5 Å². The van der Waals surface area contributed by atoms with E-state index in [0.29, 0.717) is 12.8 Å². The summed E-state index contributed by atoms with van der Waals surface area (Å²) < 4.78 is 0. The Morgan fingerprint density at radius 2 is 2.25 bits per heavy atom. The molecule has 1 rings (SSSR count). The fourth-order valence-electron chi connectivity index (χ4n) is 1.48. The van der Waals surface area contributed by atoms with E-state index in [1.54, 1.807) is 0 Å². The molecule has 1 heterocycles. The maximum absolute atomic E-state index is 11.5. The highest BCUT2D eigenvalue weighted by Crippen LogP contribution is 2.20. The van der Waals surface area contributed by atoms with Crippen molar-refractivity contribution in [3.8, 4) is 0 Å². The summed E-state index contributed by atoms with van der Waals surface area (Å²) in [6, 6.07) is -1.88. The number of hydrazine groups is 1. The number of nitrogens with one attached hydrogen (secondary N) is 4. The second-order valence-electron chi connectivity index (χ2n) is 4.44. The van der Waals surface area contributed by atoms with Gasteiger partial charge in [-0.15, -0.1) is 11.8 Å². The minimum Gasteiger partial charge on any atom is -0.395 e. The van der Waals surface area contributed by atoms with Gasteiger partial charge in [-0.25, -0.2) is 15.6 Å². The molecule has 8 N–H and O–H groups in total. The van der Waals surface area contributed by atoms with Crippen LogP contribution >= 0.6 is 11.8 Å². The van der Waals surface area contributed by atoms with Crippen molar-refractivity contribution < 1.29 is 19.8 Å². The van der Waals surface area contributed by atoms with E-state index < -0.39 is 24.2 Å². The Bertz CT molecular complexity index is 333. The van der Waals surface area contributed by atoms with Gasteiger partial charge in [-0.2, -0.15) is 0 Å². The number of carbonyl (C=O) groups is 2. The lowest BCUT2D eigenvalue weighted by molar-refractivity contribution is -0.111. The molecule has 5 atom stereocenters. The third kappa shape index (κ3) is 5.23. The van der Waals surface area contributed by atoms with Crippen LogP contribution in [-0.4, -0.2) is 64.6 Å². The van der Waals surface area contributed by atoms with Crippen LogP contribution in [0.25, 0.3) is 0 Å². The van der Waals surface area contributed by atoms with Gasteiger partial charge in [-0.1, -0.05) is 0 Å². The van der Waals surface area contributed by atoms with E-state index in [-0.39, 0.29) is 17.4 Å². The summed E-state index contributed by atoms with van der Waals surface area (Å²) in [5, 5.41) is 22.8. The number of aldehydes is 1. The lowest BCUT2D eigenvalue weighted by Gasteiger charge is -2.17. The van der Waals surface area contributed by atoms with Crippen LogP contribution in [0.5, 0.6) is 0 Å². The molecule has 0 radical (unpaired) electrons. The Hall–Kier alpha value is -0.910. The number of aliphatic hydroxyl groups is 2. The molecule has 0 aliphatic carbocycles. The number of carbonyl (C=O) groups excluding carboxylic acids is 2. The summed E-state index contributed by atoms with van der Waals surface area (Å²) in [5.41, 5.74) is 11.5. The molecule has 1 saturated heterocycles. The second kappa shape index (κ2) is 8.39. The second-order valence-corrected chi connectivity index (χ2v) is 5.79. The molecule has 1 fully saturated rings. The molecular formula is C10H21N5O4S. The molecule has 0 bridgehead atoms. The van der Waals surface area contributed by atoms with Crippen molar-refractivity contribution in [3.05, 3.63) is 0 Å². The van der Waals surface area contributed by atoms with Crippen LogP contribution in [0.4, 0.5) is 4.79 Å². The van der Waals surface area contributed by atoms with Gasteiger partial charge in [0.15, 0.2) is 0 Å². The Kier molecular flexibility index (Phi) is 7.19. The predicted molar refractivity (Wildman–Crippen MR) is 74.6 cm³/mol. The van der Waals surface area contributed by atoms with Gasteiger partial charge in [0.2, 0.25) is 0 Å². The molecule has 0 aromatic heterocycles. The fraction of sp³-hybridized carbons (Fsp3) is 0.800. The van der Waals surface area contributed by atoms with Crippen molar-refractivity contribution in [2.24, 2.45) is 5.73 Å². The topological polar surface area (TPSA) is 149 Å². The molecule has 0 spiro atoms. The normalized spacial score (nSPS) is 26.6. The van der Waals surface area contributed by atoms with Crippen molar-refractivity contribution in [2.75, 3.05) is 13.2 Å². The molecular weight excluding hydrogens is 286 g/mol. The maximum Gasteiger partial charge on any atom is 0.315 e. The summed E-state index contributed by atoms with van der Waals surface area (Å²) in [7, 11) is 0. The predicted octanol–water partition coefficient (Wildman–Crippen LogP) is -2.95. The van der Waals surface area contributed by atoms with Crippen LogP contribution in [0.2, 0.25) is 0 Å². The fourth-order valence-corrected chi connectivity index (χ4v) is 2.57. The van der Waals surface area contributed by atoms with Crippen molar-refractivity contribution in [1.29, 1.82) is 0 Å². The molecule has 0 saturated carbocycles. The minimum absolute atomic E-state index is 0.107. The van der Waals surface area contributed by atoms with E-state index in [4.69, 9.17) is 10.8 Å². The van der Waals surface area contributed by atoms with Gasteiger partial charge in [0.25, 0.3) is 0 Å². The number of rotatable bonds is 7. The van der Waals surface area contributed by atoms with Gasteiger partial charge in [0, 0.05) is 6.54 Å². The van der Waals surface area contributed by atoms with Crippen LogP contribution in [0.15, 0.2) is 0 Å². The van der Waals surface area contributed by atoms with Crippen LogP contribution in [0.1, 0.15) is 6.92 Å². The van der Waals surface area contributed by atoms with E-state index >= 15 is 0 Å². The number of hydrogen-bond donors (Lipinski definition) is 7. The van der Waals surface area contributed by atoms with Crippen LogP contribution in [0.3, 0.4) is 0 Å². The van der Waals surface area contributed by atoms with Crippen LogP contribution in [0, 0.1) is 0 Å². The molecule has 116 valence electrons. The monoisotopic (exact) mass is 307 g/mol. The highest BCUT2D eigenvalue weighted by atomic mass is 32.2. The van der Waals surface area contributed by atoms with E-state index in [1.807, 2.05) is 0 Å². The minimum atomic E-state index is -0.953. The molecule has 0 aromatic carbocycles. The lowest BCUT2D eigenvalue weighted by Crippen LogP contribution is -2.50. The smallest absolute Gasteiger partial charge is 0.315 e. The number of thioether (sulfide) groups is 1. The molecule has 9 nitrogen and oxygen atoms in total. The largest absolute Gasteiger partial charge is 0.395 e. The zero-order valence-electron chi connectivity index (χ0n) is 11.1. The highest BCUT2D eigenvalue weighted by Gasteiger charge is 2.29. The average molecular weight is 307 g/mol. The molecule has 20 heavy (non-hydrogen) atoms. The van der Waals surface area contributed by atoms with Gasteiger partial charge in [-0.3, -0.25) is 0 Å². The molecule has 2 amide bonds. The highest BCUT2D eigenvalue weighted by molar-refractivity contribution is 8.00. The number of aliphatic hydroxyl groups excluding tert-OH is 2. The summed E-state index contributed by atoms with van der Waals surface area (Å²) in [5.74, 6) is 0. The zero-order chi connectivity index (χ0) is 15.1. The van der Waals surface area contributed by atoms with Crippen LogP contribution in [-0.2, 0) is 4.79 Å². The summed E-state index contributed by atoms with van der Waals surface area (Å²) in [6.45, 7) is 1.57. The Labute approximate surface area is 121 Å².